The lowest BCUT2D eigenvalue weighted by molar-refractivity contribution is 0.0341. The van der Waals surface area contributed by atoms with Gasteiger partial charge in [-0.05, 0) is 52.7 Å². The van der Waals surface area contributed by atoms with E-state index in [4.69, 9.17) is 0 Å². The van der Waals surface area contributed by atoms with Gasteiger partial charge in [0.2, 0.25) is 0 Å². The molecular weight excluding hydrogens is 314 g/mol. The standard InChI is InChI=1S/C13H18BrNO2S/c1-2-13(9-16)5-7-15(8-6-13)12(17)10-3-4-11(14)18-10/h3-4,16H,2,5-9H2,1H3. The Balaban J connectivity index is 1.99. The number of thiophene rings is 1. The number of halogens is 1. The minimum absolute atomic E-state index is 0.0345. The molecule has 0 saturated carbocycles. The van der Waals surface area contributed by atoms with E-state index in [9.17, 15) is 9.90 Å². The number of aliphatic hydroxyl groups is 1. The van der Waals surface area contributed by atoms with E-state index < -0.39 is 0 Å². The summed E-state index contributed by atoms with van der Waals surface area (Å²) in [5.74, 6) is 0.119. The first-order valence-corrected chi connectivity index (χ1v) is 7.87. The summed E-state index contributed by atoms with van der Waals surface area (Å²) < 4.78 is 0.987. The number of piperidine rings is 1. The monoisotopic (exact) mass is 331 g/mol. The van der Waals surface area contributed by atoms with Crippen LogP contribution >= 0.6 is 27.3 Å². The van der Waals surface area contributed by atoms with Crippen LogP contribution in [0.1, 0.15) is 35.9 Å². The summed E-state index contributed by atoms with van der Waals surface area (Å²) in [6.07, 6.45) is 2.78. The van der Waals surface area contributed by atoms with Gasteiger partial charge in [-0.15, -0.1) is 11.3 Å². The van der Waals surface area contributed by atoms with E-state index in [1.54, 1.807) is 0 Å². The lowest BCUT2D eigenvalue weighted by Gasteiger charge is -2.40. The number of carbonyl (C=O) groups excluding carboxylic acids is 1. The van der Waals surface area contributed by atoms with Crippen molar-refractivity contribution in [2.24, 2.45) is 5.41 Å². The Labute approximate surface area is 120 Å². The quantitative estimate of drug-likeness (QED) is 0.924. The van der Waals surface area contributed by atoms with E-state index in [0.717, 1.165) is 41.0 Å². The van der Waals surface area contributed by atoms with Crippen LogP contribution in [-0.2, 0) is 0 Å². The predicted molar refractivity (Wildman–Crippen MR) is 77.0 cm³/mol. The Bertz CT molecular complexity index is 418. The van der Waals surface area contributed by atoms with E-state index in [2.05, 4.69) is 22.9 Å². The van der Waals surface area contributed by atoms with E-state index in [1.807, 2.05) is 17.0 Å². The predicted octanol–water partition coefficient (Wildman–Crippen LogP) is 3.14. The summed E-state index contributed by atoms with van der Waals surface area (Å²) in [6, 6.07) is 3.77. The fourth-order valence-corrected chi connectivity index (χ4v) is 3.75. The van der Waals surface area contributed by atoms with E-state index >= 15 is 0 Å². The number of aliphatic hydroxyl groups excluding tert-OH is 1. The van der Waals surface area contributed by atoms with Crippen LogP contribution in [0.25, 0.3) is 0 Å². The summed E-state index contributed by atoms with van der Waals surface area (Å²) in [4.78, 5) is 14.9. The van der Waals surface area contributed by atoms with Crippen molar-refractivity contribution in [2.45, 2.75) is 26.2 Å². The Morgan fingerprint density at radius 1 is 1.50 bits per heavy atom. The highest BCUT2D eigenvalue weighted by molar-refractivity contribution is 9.11. The zero-order valence-corrected chi connectivity index (χ0v) is 12.9. The van der Waals surface area contributed by atoms with E-state index in [-0.39, 0.29) is 17.9 Å². The topological polar surface area (TPSA) is 40.5 Å². The number of carbonyl (C=O) groups is 1. The number of likely N-dealkylation sites (tertiary alicyclic amines) is 1. The molecule has 1 amide bonds. The first-order valence-electron chi connectivity index (χ1n) is 6.26. The third-order valence-electron chi connectivity index (χ3n) is 3.98. The van der Waals surface area contributed by atoms with Crippen LogP contribution in [0.2, 0.25) is 0 Å². The average molecular weight is 332 g/mol. The average Bonchev–Trinajstić information content (AvgIpc) is 2.85. The normalized spacial score (nSPS) is 18.9. The highest BCUT2D eigenvalue weighted by atomic mass is 79.9. The van der Waals surface area contributed by atoms with Crippen LogP contribution in [0, 0.1) is 5.41 Å². The number of nitrogens with zero attached hydrogens (tertiary/aromatic N) is 1. The van der Waals surface area contributed by atoms with Crippen LogP contribution in [0.3, 0.4) is 0 Å². The van der Waals surface area contributed by atoms with Crippen molar-refractivity contribution in [2.75, 3.05) is 19.7 Å². The third-order valence-corrected chi connectivity index (χ3v) is 5.59. The van der Waals surface area contributed by atoms with Gasteiger partial charge in [-0.1, -0.05) is 6.92 Å². The second kappa shape index (κ2) is 5.72. The number of rotatable bonds is 3. The zero-order chi connectivity index (χ0) is 13.2. The smallest absolute Gasteiger partial charge is 0.263 e. The van der Waals surface area contributed by atoms with Crippen LogP contribution in [0.15, 0.2) is 15.9 Å². The van der Waals surface area contributed by atoms with Crippen molar-refractivity contribution in [3.63, 3.8) is 0 Å². The maximum Gasteiger partial charge on any atom is 0.263 e. The van der Waals surface area contributed by atoms with Crippen molar-refractivity contribution in [3.05, 3.63) is 20.8 Å². The van der Waals surface area contributed by atoms with Crippen LogP contribution in [0.4, 0.5) is 0 Å². The molecule has 1 aliphatic rings. The minimum Gasteiger partial charge on any atom is -0.396 e. The first kappa shape index (κ1) is 14.0. The van der Waals surface area contributed by atoms with Crippen LogP contribution < -0.4 is 0 Å². The molecule has 0 aliphatic carbocycles. The molecule has 1 aliphatic heterocycles. The summed E-state index contributed by atoms with van der Waals surface area (Å²) in [5, 5.41) is 9.48. The van der Waals surface area contributed by atoms with Crippen molar-refractivity contribution >= 4 is 33.2 Å². The molecule has 1 N–H and O–H groups in total. The molecule has 100 valence electrons. The summed E-state index contributed by atoms with van der Waals surface area (Å²) >= 11 is 4.86. The summed E-state index contributed by atoms with van der Waals surface area (Å²) in [6.45, 7) is 3.85. The van der Waals surface area contributed by atoms with Gasteiger partial charge in [-0.25, -0.2) is 0 Å². The van der Waals surface area contributed by atoms with Gasteiger partial charge >= 0.3 is 0 Å². The van der Waals surface area contributed by atoms with Gasteiger partial charge in [0.1, 0.15) is 0 Å². The largest absolute Gasteiger partial charge is 0.396 e. The molecule has 0 spiro atoms. The van der Waals surface area contributed by atoms with Crippen LogP contribution in [-0.4, -0.2) is 35.6 Å². The lowest BCUT2D eigenvalue weighted by Crippen LogP contribution is -2.44. The molecule has 2 heterocycles. The molecule has 5 heteroatoms. The lowest BCUT2D eigenvalue weighted by atomic mass is 9.77. The van der Waals surface area contributed by atoms with E-state index in [1.165, 1.54) is 11.3 Å². The zero-order valence-electron chi connectivity index (χ0n) is 10.5. The molecule has 0 radical (unpaired) electrons. The van der Waals surface area contributed by atoms with Gasteiger partial charge in [-0.2, -0.15) is 0 Å². The Morgan fingerprint density at radius 2 is 2.17 bits per heavy atom. The first-order chi connectivity index (χ1) is 8.60. The van der Waals surface area contributed by atoms with Gasteiger partial charge in [0.05, 0.1) is 8.66 Å². The van der Waals surface area contributed by atoms with Crippen LogP contribution in [0.5, 0.6) is 0 Å². The number of amides is 1. The molecule has 0 unspecified atom stereocenters. The SMILES string of the molecule is CCC1(CO)CCN(C(=O)c2ccc(Br)s2)CC1. The van der Waals surface area contributed by atoms with Gasteiger partial charge in [-0.3, -0.25) is 4.79 Å². The summed E-state index contributed by atoms with van der Waals surface area (Å²) in [5.41, 5.74) is 0.0345. The van der Waals surface area contributed by atoms with Gasteiger partial charge in [0, 0.05) is 19.7 Å². The molecule has 1 aromatic rings. The second-order valence-corrected chi connectivity index (χ2v) is 7.37. The fraction of sp³-hybridized carbons (Fsp3) is 0.615. The fourth-order valence-electron chi connectivity index (χ4n) is 2.39. The Hall–Kier alpha value is -0.390. The minimum atomic E-state index is 0.0345. The van der Waals surface area contributed by atoms with Crippen molar-refractivity contribution in [1.29, 1.82) is 0 Å². The molecule has 1 saturated heterocycles. The van der Waals surface area contributed by atoms with E-state index in [0.29, 0.717) is 0 Å². The van der Waals surface area contributed by atoms with Crippen molar-refractivity contribution in [1.82, 2.24) is 4.90 Å². The molecule has 0 atom stereocenters. The maximum absolute atomic E-state index is 12.3. The second-order valence-electron chi connectivity index (χ2n) is 4.91. The molecule has 0 bridgehead atoms. The van der Waals surface area contributed by atoms with Crippen molar-refractivity contribution < 1.29 is 9.90 Å². The molecule has 0 aromatic carbocycles. The highest BCUT2D eigenvalue weighted by Crippen LogP contribution is 2.35. The van der Waals surface area contributed by atoms with Gasteiger partial charge in [0.15, 0.2) is 0 Å². The molecule has 3 nitrogen and oxygen atoms in total. The van der Waals surface area contributed by atoms with Gasteiger partial charge < -0.3 is 10.0 Å². The molecule has 1 fully saturated rings. The molecule has 2 rings (SSSR count). The Kier molecular flexibility index (Phi) is 4.45. The van der Waals surface area contributed by atoms with Crippen molar-refractivity contribution in [3.8, 4) is 0 Å². The number of hydrogen-bond acceptors (Lipinski definition) is 3. The maximum atomic E-state index is 12.3. The molecule has 1 aromatic heterocycles. The summed E-state index contributed by atoms with van der Waals surface area (Å²) in [7, 11) is 0. The third kappa shape index (κ3) is 2.78. The number of hydrogen-bond donors (Lipinski definition) is 1. The molecular formula is C13H18BrNO2S. The van der Waals surface area contributed by atoms with Gasteiger partial charge in [0.25, 0.3) is 5.91 Å². The Morgan fingerprint density at radius 3 is 2.61 bits per heavy atom. The molecule has 18 heavy (non-hydrogen) atoms. The highest BCUT2D eigenvalue weighted by Gasteiger charge is 2.34.